The molecular formula is C12H20N2O2. The lowest BCUT2D eigenvalue weighted by molar-refractivity contribution is 0.195. The van der Waals surface area contributed by atoms with Gasteiger partial charge in [-0.2, -0.15) is 0 Å². The summed E-state index contributed by atoms with van der Waals surface area (Å²) in [4.78, 5) is 2.14. The van der Waals surface area contributed by atoms with Crippen LogP contribution in [-0.2, 0) is 6.54 Å². The van der Waals surface area contributed by atoms with Crippen LogP contribution in [0.15, 0.2) is 18.2 Å². The average molecular weight is 224 g/mol. The molecule has 0 saturated carbocycles. The van der Waals surface area contributed by atoms with Gasteiger partial charge in [0, 0.05) is 24.3 Å². The predicted molar refractivity (Wildman–Crippen MR) is 65.4 cm³/mol. The van der Waals surface area contributed by atoms with E-state index in [9.17, 15) is 0 Å². The smallest absolute Gasteiger partial charge is 0.123 e. The maximum atomic E-state index is 8.93. The van der Waals surface area contributed by atoms with E-state index in [1.807, 2.05) is 18.2 Å². The number of benzene rings is 1. The van der Waals surface area contributed by atoms with Crippen molar-refractivity contribution in [1.29, 1.82) is 0 Å². The van der Waals surface area contributed by atoms with Crippen molar-refractivity contribution >= 4 is 5.69 Å². The number of aliphatic hydroxyl groups is 1. The lowest BCUT2D eigenvalue weighted by Gasteiger charge is -2.20. The molecule has 0 atom stereocenters. The summed E-state index contributed by atoms with van der Waals surface area (Å²) in [6.45, 7) is 4.52. The first-order valence-corrected chi connectivity index (χ1v) is 5.46. The van der Waals surface area contributed by atoms with Gasteiger partial charge in [0.2, 0.25) is 0 Å². The molecule has 0 unspecified atom stereocenters. The van der Waals surface area contributed by atoms with Gasteiger partial charge in [-0.1, -0.05) is 6.92 Å². The minimum absolute atomic E-state index is 0.165. The Labute approximate surface area is 96.6 Å². The van der Waals surface area contributed by atoms with Crippen molar-refractivity contribution in [3.8, 4) is 5.75 Å². The fourth-order valence-corrected chi connectivity index (χ4v) is 1.65. The molecule has 0 amide bonds. The van der Waals surface area contributed by atoms with Gasteiger partial charge < -0.3 is 15.6 Å². The van der Waals surface area contributed by atoms with Gasteiger partial charge in [0.05, 0.1) is 13.7 Å². The molecule has 0 heterocycles. The van der Waals surface area contributed by atoms with E-state index in [2.05, 4.69) is 11.8 Å². The van der Waals surface area contributed by atoms with Crippen molar-refractivity contribution in [3.63, 3.8) is 0 Å². The van der Waals surface area contributed by atoms with E-state index >= 15 is 0 Å². The highest BCUT2D eigenvalue weighted by atomic mass is 16.5. The first-order chi connectivity index (χ1) is 7.71. The van der Waals surface area contributed by atoms with Crippen LogP contribution < -0.4 is 10.5 Å². The van der Waals surface area contributed by atoms with Crippen LogP contribution in [0.3, 0.4) is 0 Å². The molecule has 0 bridgehead atoms. The number of rotatable bonds is 6. The number of ether oxygens (including phenoxy) is 1. The molecule has 0 fully saturated rings. The van der Waals surface area contributed by atoms with Crippen LogP contribution in [0.25, 0.3) is 0 Å². The Balaban J connectivity index is 2.80. The summed E-state index contributed by atoms with van der Waals surface area (Å²) in [5, 5.41) is 8.93. The van der Waals surface area contributed by atoms with E-state index in [0.717, 1.165) is 30.1 Å². The Morgan fingerprint density at radius 2 is 2.19 bits per heavy atom. The minimum Gasteiger partial charge on any atom is -0.496 e. The maximum absolute atomic E-state index is 8.93. The van der Waals surface area contributed by atoms with Crippen molar-refractivity contribution in [2.45, 2.75) is 13.5 Å². The minimum atomic E-state index is 0.165. The highest BCUT2D eigenvalue weighted by molar-refractivity contribution is 5.47. The summed E-state index contributed by atoms with van der Waals surface area (Å²) in [6.07, 6.45) is 0. The zero-order chi connectivity index (χ0) is 12.0. The molecule has 4 heteroatoms. The number of nitrogen functional groups attached to an aromatic ring is 1. The highest BCUT2D eigenvalue weighted by Gasteiger charge is 2.08. The number of likely N-dealkylation sites (N-methyl/N-ethyl adjacent to an activating group) is 1. The molecule has 1 aromatic carbocycles. The quantitative estimate of drug-likeness (QED) is 0.710. The van der Waals surface area contributed by atoms with Crippen molar-refractivity contribution < 1.29 is 9.84 Å². The summed E-state index contributed by atoms with van der Waals surface area (Å²) in [6, 6.07) is 5.61. The molecule has 0 aliphatic carbocycles. The van der Waals surface area contributed by atoms with E-state index in [-0.39, 0.29) is 6.61 Å². The summed E-state index contributed by atoms with van der Waals surface area (Å²) in [5.74, 6) is 0.839. The predicted octanol–water partition coefficient (Wildman–Crippen LogP) is 1.09. The molecule has 1 rings (SSSR count). The van der Waals surface area contributed by atoms with Crippen molar-refractivity contribution in [3.05, 3.63) is 23.8 Å². The third-order valence-corrected chi connectivity index (χ3v) is 2.56. The van der Waals surface area contributed by atoms with Crippen LogP contribution in [-0.4, -0.2) is 36.8 Å². The van der Waals surface area contributed by atoms with Crippen LogP contribution in [0.5, 0.6) is 5.75 Å². The third-order valence-electron chi connectivity index (χ3n) is 2.56. The second-order valence-electron chi connectivity index (χ2n) is 3.66. The van der Waals surface area contributed by atoms with E-state index < -0.39 is 0 Å². The molecule has 0 aromatic heterocycles. The first-order valence-electron chi connectivity index (χ1n) is 5.46. The van der Waals surface area contributed by atoms with E-state index in [0.29, 0.717) is 6.54 Å². The molecule has 4 nitrogen and oxygen atoms in total. The first kappa shape index (κ1) is 12.8. The molecule has 3 N–H and O–H groups in total. The lowest BCUT2D eigenvalue weighted by atomic mass is 10.1. The summed E-state index contributed by atoms with van der Waals surface area (Å²) >= 11 is 0. The lowest BCUT2D eigenvalue weighted by Crippen LogP contribution is -2.26. The second kappa shape index (κ2) is 6.35. The topological polar surface area (TPSA) is 58.7 Å². The number of nitrogens with zero attached hydrogens (tertiary/aromatic N) is 1. The molecule has 0 spiro atoms. The summed E-state index contributed by atoms with van der Waals surface area (Å²) in [5.41, 5.74) is 7.54. The van der Waals surface area contributed by atoms with Gasteiger partial charge in [-0.3, -0.25) is 4.90 Å². The molecule has 0 aliphatic heterocycles. The van der Waals surface area contributed by atoms with Gasteiger partial charge in [0.15, 0.2) is 0 Å². The van der Waals surface area contributed by atoms with Gasteiger partial charge in [-0.05, 0) is 24.7 Å². The van der Waals surface area contributed by atoms with Crippen LogP contribution in [0.1, 0.15) is 12.5 Å². The number of hydrogen-bond donors (Lipinski definition) is 2. The standard InChI is InChI=1S/C12H20N2O2/c1-3-14(6-7-15)9-10-8-11(13)4-5-12(10)16-2/h4-5,8,15H,3,6-7,9,13H2,1-2H3. The van der Waals surface area contributed by atoms with Gasteiger partial charge in [-0.15, -0.1) is 0 Å². The fraction of sp³-hybridized carbons (Fsp3) is 0.500. The molecule has 1 aromatic rings. The van der Waals surface area contributed by atoms with Crippen molar-refractivity contribution in [2.24, 2.45) is 0 Å². The molecular weight excluding hydrogens is 204 g/mol. The highest BCUT2D eigenvalue weighted by Crippen LogP contribution is 2.22. The van der Waals surface area contributed by atoms with Gasteiger partial charge >= 0.3 is 0 Å². The monoisotopic (exact) mass is 224 g/mol. The normalized spacial score (nSPS) is 10.8. The Bertz CT molecular complexity index is 329. The number of nitrogens with two attached hydrogens (primary N) is 1. The van der Waals surface area contributed by atoms with E-state index in [4.69, 9.17) is 15.6 Å². The maximum Gasteiger partial charge on any atom is 0.123 e. The van der Waals surface area contributed by atoms with Crippen LogP contribution in [0.2, 0.25) is 0 Å². The number of aliphatic hydroxyl groups excluding tert-OH is 1. The summed E-state index contributed by atoms with van der Waals surface area (Å²) in [7, 11) is 1.65. The van der Waals surface area contributed by atoms with Crippen molar-refractivity contribution in [1.82, 2.24) is 4.90 Å². The van der Waals surface area contributed by atoms with Crippen molar-refractivity contribution in [2.75, 3.05) is 32.5 Å². The van der Waals surface area contributed by atoms with Gasteiger partial charge in [-0.25, -0.2) is 0 Å². The van der Waals surface area contributed by atoms with Gasteiger partial charge in [0.25, 0.3) is 0 Å². The number of anilines is 1. The molecule has 0 saturated heterocycles. The Morgan fingerprint density at radius 1 is 1.44 bits per heavy atom. The fourth-order valence-electron chi connectivity index (χ4n) is 1.65. The third kappa shape index (κ3) is 3.40. The molecule has 0 aliphatic rings. The second-order valence-corrected chi connectivity index (χ2v) is 3.66. The zero-order valence-electron chi connectivity index (χ0n) is 9.94. The summed E-state index contributed by atoms with van der Waals surface area (Å²) < 4.78 is 5.28. The Kier molecular flexibility index (Phi) is 5.08. The largest absolute Gasteiger partial charge is 0.496 e. The Hall–Kier alpha value is -1.26. The average Bonchev–Trinajstić information content (AvgIpc) is 2.29. The van der Waals surface area contributed by atoms with E-state index in [1.54, 1.807) is 7.11 Å². The molecule has 90 valence electrons. The number of hydrogen-bond acceptors (Lipinski definition) is 4. The molecule has 16 heavy (non-hydrogen) atoms. The van der Waals surface area contributed by atoms with Crippen LogP contribution in [0.4, 0.5) is 5.69 Å². The van der Waals surface area contributed by atoms with Crippen LogP contribution >= 0.6 is 0 Å². The zero-order valence-corrected chi connectivity index (χ0v) is 9.94. The molecule has 0 radical (unpaired) electrons. The SMILES string of the molecule is CCN(CCO)Cc1cc(N)ccc1OC. The Morgan fingerprint density at radius 3 is 2.75 bits per heavy atom. The number of methoxy groups -OCH3 is 1. The van der Waals surface area contributed by atoms with Crippen LogP contribution in [0, 0.1) is 0 Å². The van der Waals surface area contributed by atoms with E-state index in [1.165, 1.54) is 0 Å². The van der Waals surface area contributed by atoms with Gasteiger partial charge in [0.1, 0.15) is 5.75 Å².